The number of halogens is 3. The van der Waals surface area contributed by atoms with E-state index < -0.39 is 0 Å². The molecule has 1 aliphatic rings. The summed E-state index contributed by atoms with van der Waals surface area (Å²) >= 11 is 18.1. The molecule has 29 heavy (non-hydrogen) atoms. The van der Waals surface area contributed by atoms with Gasteiger partial charge in [-0.05, 0) is 42.5 Å². The SMILES string of the molecule is O=C(c1cc(Cl)ccc1Cl)N1CCN(c2ccc(-c3ccc(Cl)cc3)nn2)CC1. The van der Waals surface area contributed by atoms with E-state index in [4.69, 9.17) is 34.8 Å². The molecule has 0 bridgehead atoms. The molecule has 8 heteroatoms. The minimum atomic E-state index is -0.110. The number of carbonyl (C=O) groups is 1. The van der Waals surface area contributed by atoms with Crippen LogP contribution in [0.2, 0.25) is 15.1 Å². The van der Waals surface area contributed by atoms with Gasteiger partial charge in [0, 0.05) is 41.8 Å². The number of rotatable bonds is 3. The first-order valence-electron chi connectivity index (χ1n) is 9.10. The van der Waals surface area contributed by atoms with Crippen molar-refractivity contribution in [3.63, 3.8) is 0 Å². The van der Waals surface area contributed by atoms with E-state index in [-0.39, 0.29) is 5.91 Å². The summed E-state index contributed by atoms with van der Waals surface area (Å²) in [6.07, 6.45) is 0. The van der Waals surface area contributed by atoms with Crippen LogP contribution in [0.25, 0.3) is 11.3 Å². The summed E-state index contributed by atoms with van der Waals surface area (Å²) in [6.45, 7) is 2.47. The predicted octanol–water partition coefficient (Wildman–Crippen LogP) is 5.07. The molecule has 2 heterocycles. The number of piperazine rings is 1. The Balaban J connectivity index is 1.41. The summed E-state index contributed by atoms with van der Waals surface area (Å²) in [4.78, 5) is 16.7. The van der Waals surface area contributed by atoms with Crippen molar-refractivity contribution in [3.05, 3.63) is 75.2 Å². The smallest absolute Gasteiger partial charge is 0.255 e. The van der Waals surface area contributed by atoms with Crippen molar-refractivity contribution in [3.8, 4) is 11.3 Å². The molecule has 1 aliphatic heterocycles. The first-order valence-corrected chi connectivity index (χ1v) is 10.2. The van der Waals surface area contributed by atoms with Crippen molar-refractivity contribution < 1.29 is 4.79 Å². The van der Waals surface area contributed by atoms with Crippen molar-refractivity contribution in [1.29, 1.82) is 0 Å². The fourth-order valence-corrected chi connectivity index (χ4v) is 3.74. The third-order valence-corrected chi connectivity index (χ3v) is 5.66. The van der Waals surface area contributed by atoms with Gasteiger partial charge in [0.15, 0.2) is 5.82 Å². The topological polar surface area (TPSA) is 49.3 Å². The zero-order chi connectivity index (χ0) is 20.4. The molecule has 0 N–H and O–H groups in total. The van der Waals surface area contributed by atoms with Crippen LogP contribution in [0.15, 0.2) is 54.6 Å². The largest absolute Gasteiger partial charge is 0.352 e. The molecule has 1 amide bonds. The highest BCUT2D eigenvalue weighted by Gasteiger charge is 2.24. The number of aromatic nitrogens is 2. The molecule has 0 radical (unpaired) electrons. The zero-order valence-electron chi connectivity index (χ0n) is 15.4. The van der Waals surface area contributed by atoms with Crippen molar-refractivity contribution in [2.45, 2.75) is 0 Å². The molecule has 2 aromatic carbocycles. The molecule has 0 saturated carbocycles. The second-order valence-electron chi connectivity index (χ2n) is 6.69. The van der Waals surface area contributed by atoms with E-state index in [1.54, 1.807) is 23.1 Å². The van der Waals surface area contributed by atoms with Crippen LogP contribution in [0.4, 0.5) is 5.82 Å². The second kappa shape index (κ2) is 8.57. The third kappa shape index (κ3) is 4.47. The van der Waals surface area contributed by atoms with E-state index in [9.17, 15) is 4.79 Å². The minimum absolute atomic E-state index is 0.110. The van der Waals surface area contributed by atoms with E-state index in [1.807, 2.05) is 36.4 Å². The number of hydrogen-bond acceptors (Lipinski definition) is 4. The van der Waals surface area contributed by atoms with Crippen LogP contribution >= 0.6 is 34.8 Å². The molecule has 0 spiro atoms. The lowest BCUT2D eigenvalue weighted by molar-refractivity contribution is 0.0746. The molecular formula is C21H17Cl3N4O. The Labute approximate surface area is 183 Å². The summed E-state index contributed by atoms with van der Waals surface area (Å²) in [5.74, 6) is 0.678. The zero-order valence-corrected chi connectivity index (χ0v) is 17.6. The molecule has 1 fully saturated rings. The molecule has 5 nitrogen and oxygen atoms in total. The Morgan fingerprint density at radius 3 is 2.14 bits per heavy atom. The minimum Gasteiger partial charge on any atom is -0.352 e. The van der Waals surface area contributed by atoms with E-state index in [0.29, 0.717) is 46.8 Å². The maximum atomic E-state index is 12.8. The Morgan fingerprint density at radius 1 is 0.793 bits per heavy atom. The van der Waals surface area contributed by atoms with Crippen molar-refractivity contribution >= 4 is 46.5 Å². The first kappa shape index (κ1) is 20.0. The normalized spacial score (nSPS) is 14.2. The molecule has 3 aromatic rings. The molecule has 1 aromatic heterocycles. The van der Waals surface area contributed by atoms with Gasteiger partial charge in [0.1, 0.15) is 0 Å². The highest BCUT2D eigenvalue weighted by molar-refractivity contribution is 6.35. The number of carbonyl (C=O) groups excluding carboxylic acids is 1. The summed E-state index contributed by atoms with van der Waals surface area (Å²) in [5.41, 5.74) is 2.18. The standard InChI is InChI=1S/C21H17Cl3N4O/c22-15-3-1-14(2-4-15)19-7-8-20(26-25-19)27-9-11-28(12-10-27)21(29)17-13-16(23)5-6-18(17)24/h1-8,13H,9-12H2. The van der Waals surface area contributed by atoms with E-state index >= 15 is 0 Å². The van der Waals surface area contributed by atoms with Gasteiger partial charge in [-0.1, -0.05) is 46.9 Å². The van der Waals surface area contributed by atoms with Crippen molar-refractivity contribution in [2.24, 2.45) is 0 Å². The van der Waals surface area contributed by atoms with E-state index in [0.717, 1.165) is 17.1 Å². The first-order chi connectivity index (χ1) is 14.0. The number of anilines is 1. The predicted molar refractivity (Wildman–Crippen MR) is 117 cm³/mol. The average Bonchev–Trinajstić information content (AvgIpc) is 2.76. The van der Waals surface area contributed by atoms with Crippen LogP contribution in [0.5, 0.6) is 0 Å². The lowest BCUT2D eigenvalue weighted by atomic mass is 10.1. The third-order valence-electron chi connectivity index (χ3n) is 4.84. The molecule has 148 valence electrons. The number of nitrogens with zero attached hydrogens (tertiary/aromatic N) is 4. The second-order valence-corrected chi connectivity index (χ2v) is 7.97. The Kier molecular flexibility index (Phi) is 5.90. The van der Waals surface area contributed by atoms with Gasteiger partial charge in [-0.3, -0.25) is 4.79 Å². The van der Waals surface area contributed by atoms with Gasteiger partial charge in [0.05, 0.1) is 16.3 Å². The quantitative estimate of drug-likeness (QED) is 0.563. The van der Waals surface area contributed by atoms with Gasteiger partial charge in [0.25, 0.3) is 5.91 Å². The fourth-order valence-electron chi connectivity index (χ4n) is 3.24. The molecule has 0 unspecified atom stereocenters. The Hall–Kier alpha value is -2.34. The summed E-state index contributed by atoms with van der Waals surface area (Å²) in [6, 6.07) is 16.3. The number of benzene rings is 2. The molecule has 1 saturated heterocycles. The van der Waals surface area contributed by atoms with Crippen LogP contribution in [-0.2, 0) is 0 Å². The van der Waals surface area contributed by atoms with Gasteiger partial charge in [-0.25, -0.2) is 0 Å². The van der Waals surface area contributed by atoms with Gasteiger partial charge in [0.2, 0.25) is 0 Å². The highest BCUT2D eigenvalue weighted by Crippen LogP contribution is 2.24. The van der Waals surface area contributed by atoms with Gasteiger partial charge >= 0.3 is 0 Å². The van der Waals surface area contributed by atoms with Crippen molar-refractivity contribution in [2.75, 3.05) is 31.1 Å². The summed E-state index contributed by atoms with van der Waals surface area (Å²) in [5, 5.41) is 10.3. The van der Waals surface area contributed by atoms with Crippen molar-refractivity contribution in [1.82, 2.24) is 15.1 Å². The fraction of sp³-hybridized carbons (Fsp3) is 0.190. The molecule has 0 aliphatic carbocycles. The van der Waals surface area contributed by atoms with Crippen LogP contribution in [0, 0.1) is 0 Å². The number of amides is 1. The van der Waals surface area contributed by atoms with Crippen LogP contribution in [-0.4, -0.2) is 47.2 Å². The monoisotopic (exact) mass is 446 g/mol. The van der Waals surface area contributed by atoms with Gasteiger partial charge < -0.3 is 9.80 Å². The summed E-state index contributed by atoms with van der Waals surface area (Å²) in [7, 11) is 0. The lowest BCUT2D eigenvalue weighted by Gasteiger charge is -2.35. The Bertz CT molecular complexity index is 1020. The van der Waals surface area contributed by atoms with E-state index in [1.165, 1.54) is 0 Å². The Morgan fingerprint density at radius 2 is 1.48 bits per heavy atom. The van der Waals surface area contributed by atoms with Gasteiger partial charge in [-0.15, -0.1) is 10.2 Å². The average molecular weight is 448 g/mol. The van der Waals surface area contributed by atoms with Gasteiger partial charge in [-0.2, -0.15) is 0 Å². The molecular weight excluding hydrogens is 431 g/mol. The highest BCUT2D eigenvalue weighted by atomic mass is 35.5. The molecule has 0 atom stereocenters. The van der Waals surface area contributed by atoms with E-state index in [2.05, 4.69) is 15.1 Å². The lowest BCUT2D eigenvalue weighted by Crippen LogP contribution is -2.49. The summed E-state index contributed by atoms with van der Waals surface area (Å²) < 4.78 is 0. The van der Waals surface area contributed by atoms with Crippen LogP contribution in [0.3, 0.4) is 0 Å². The number of hydrogen-bond donors (Lipinski definition) is 0. The van der Waals surface area contributed by atoms with Crippen LogP contribution in [0.1, 0.15) is 10.4 Å². The molecule has 4 rings (SSSR count). The maximum Gasteiger partial charge on any atom is 0.255 e. The maximum absolute atomic E-state index is 12.8. The van der Waals surface area contributed by atoms with Crippen LogP contribution < -0.4 is 4.90 Å².